The van der Waals surface area contributed by atoms with Crippen molar-refractivity contribution in [2.24, 2.45) is 5.73 Å². The Hall–Kier alpha value is -1.03. The largest absolute Gasteiger partial charge is 0.330 e. The van der Waals surface area contributed by atoms with Crippen molar-refractivity contribution in [1.82, 2.24) is 9.78 Å². The Labute approximate surface area is 117 Å². The Balaban J connectivity index is 2.36. The number of benzene rings is 1. The zero-order chi connectivity index (χ0) is 13.1. The van der Waals surface area contributed by atoms with Crippen molar-refractivity contribution in [1.29, 1.82) is 0 Å². The van der Waals surface area contributed by atoms with Crippen LogP contribution in [0, 0.1) is 6.92 Å². The highest BCUT2D eigenvalue weighted by atomic mass is 35.5. The lowest BCUT2D eigenvalue weighted by Gasteiger charge is -2.08. The van der Waals surface area contributed by atoms with E-state index >= 15 is 0 Å². The monoisotopic (exact) mass is 283 g/mol. The molecule has 2 rings (SSSR count). The molecular formula is C13H15Cl2N3. The molecule has 18 heavy (non-hydrogen) atoms. The second-order valence-electron chi connectivity index (χ2n) is 4.15. The second-order valence-corrected chi connectivity index (χ2v) is 5.00. The van der Waals surface area contributed by atoms with Crippen LogP contribution in [0.3, 0.4) is 0 Å². The first-order chi connectivity index (χ1) is 8.63. The number of hydrogen-bond donors (Lipinski definition) is 1. The number of rotatable bonds is 4. The van der Waals surface area contributed by atoms with Gasteiger partial charge in [-0.15, -0.1) is 0 Å². The summed E-state index contributed by atoms with van der Waals surface area (Å²) in [6, 6.07) is 5.40. The number of nitrogens with zero attached hydrogens (tertiary/aromatic N) is 2. The average Bonchev–Trinajstić information content (AvgIpc) is 2.68. The van der Waals surface area contributed by atoms with Crippen LogP contribution in [0.15, 0.2) is 24.4 Å². The Morgan fingerprint density at radius 1 is 1.33 bits per heavy atom. The summed E-state index contributed by atoms with van der Waals surface area (Å²) < 4.78 is 1.84. The summed E-state index contributed by atoms with van der Waals surface area (Å²) in [6.45, 7) is 2.72. The van der Waals surface area contributed by atoms with Gasteiger partial charge in [0, 0.05) is 10.7 Å². The first kappa shape index (κ1) is 13.4. The van der Waals surface area contributed by atoms with E-state index in [2.05, 4.69) is 5.10 Å². The first-order valence-electron chi connectivity index (χ1n) is 5.82. The summed E-state index contributed by atoms with van der Waals surface area (Å²) in [5.41, 5.74) is 8.66. The maximum absolute atomic E-state index is 6.18. The normalized spacial score (nSPS) is 10.9. The Morgan fingerprint density at radius 3 is 2.78 bits per heavy atom. The van der Waals surface area contributed by atoms with E-state index in [-0.39, 0.29) is 0 Å². The smallest absolute Gasteiger partial charge is 0.0836 e. The second kappa shape index (κ2) is 5.74. The number of aryl methyl sites for hydroxylation is 1. The van der Waals surface area contributed by atoms with Gasteiger partial charge >= 0.3 is 0 Å². The Bertz CT molecular complexity index is 549. The molecule has 0 radical (unpaired) electrons. The molecule has 0 amide bonds. The quantitative estimate of drug-likeness (QED) is 0.935. The van der Waals surface area contributed by atoms with Gasteiger partial charge in [0.2, 0.25) is 0 Å². The van der Waals surface area contributed by atoms with Gasteiger partial charge in [0.1, 0.15) is 0 Å². The molecule has 0 aliphatic rings. The molecule has 1 aromatic carbocycles. The third-order valence-electron chi connectivity index (χ3n) is 2.90. The fourth-order valence-corrected chi connectivity index (χ4v) is 2.37. The molecule has 5 heteroatoms. The van der Waals surface area contributed by atoms with Crippen molar-refractivity contribution >= 4 is 23.2 Å². The summed E-state index contributed by atoms with van der Waals surface area (Å²) in [6.07, 6.45) is 3.77. The number of nitrogens with two attached hydrogens (primary N) is 1. The van der Waals surface area contributed by atoms with E-state index in [1.165, 1.54) is 5.56 Å². The van der Waals surface area contributed by atoms with Crippen molar-refractivity contribution in [3.05, 3.63) is 45.7 Å². The van der Waals surface area contributed by atoms with Gasteiger partial charge in [-0.3, -0.25) is 0 Å². The summed E-state index contributed by atoms with van der Waals surface area (Å²) in [5, 5.41) is 5.60. The van der Waals surface area contributed by atoms with Crippen LogP contribution in [-0.4, -0.2) is 16.3 Å². The molecule has 0 saturated heterocycles. The standard InChI is InChI=1S/C13H15Cl2N3/c1-9-10(3-2-6-16)8-17-18(9)13-5-4-11(14)7-12(13)15/h4-5,7-8H,2-3,6,16H2,1H3. The molecule has 1 aromatic heterocycles. The lowest BCUT2D eigenvalue weighted by atomic mass is 10.1. The summed E-state index contributed by atoms with van der Waals surface area (Å²) in [5.74, 6) is 0. The van der Waals surface area contributed by atoms with Crippen molar-refractivity contribution in [2.75, 3.05) is 6.54 Å². The summed E-state index contributed by atoms with van der Waals surface area (Å²) in [7, 11) is 0. The summed E-state index contributed by atoms with van der Waals surface area (Å²) in [4.78, 5) is 0. The maximum Gasteiger partial charge on any atom is 0.0836 e. The van der Waals surface area contributed by atoms with Crippen molar-refractivity contribution in [3.8, 4) is 5.69 Å². The van der Waals surface area contributed by atoms with E-state index < -0.39 is 0 Å². The minimum atomic E-state index is 0.596. The predicted molar refractivity (Wildman–Crippen MR) is 75.7 cm³/mol. The highest BCUT2D eigenvalue weighted by Gasteiger charge is 2.10. The first-order valence-corrected chi connectivity index (χ1v) is 6.58. The fraction of sp³-hybridized carbons (Fsp3) is 0.308. The van der Waals surface area contributed by atoms with Gasteiger partial charge in [-0.2, -0.15) is 5.10 Å². The molecule has 0 spiro atoms. The van der Waals surface area contributed by atoms with Gasteiger partial charge in [0.05, 0.1) is 16.9 Å². The van der Waals surface area contributed by atoms with E-state index in [0.29, 0.717) is 16.6 Å². The maximum atomic E-state index is 6.18. The fourth-order valence-electron chi connectivity index (χ4n) is 1.88. The van der Waals surface area contributed by atoms with E-state index in [1.807, 2.05) is 29.9 Å². The Kier molecular flexibility index (Phi) is 4.27. The lowest BCUT2D eigenvalue weighted by Crippen LogP contribution is -2.02. The molecule has 0 unspecified atom stereocenters. The summed E-state index contributed by atoms with van der Waals surface area (Å²) >= 11 is 12.1. The molecule has 1 heterocycles. The zero-order valence-electron chi connectivity index (χ0n) is 10.2. The van der Waals surface area contributed by atoms with Crippen molar-refractivity contribution in [2.45, 2.75) is 19.8 Å². The van der Waals surface area contributed by atoms with Gasteiger partial charge in [-0.05, 0) is 50.1 Å². The van der Waals surface area contributed by atoms with Gasteiger partial charge in [0.25, 0.3) is 0 Å². The molecule has 0 saturated carbocycles. The van der Waals surface area contributed by atoms with Gasteiger partial charge in [-0.25, -0.2) is 4.68 Å². The van der Waals surface area contributed by atoms with Crippen LogP contribution >= 0.6 is 23.2 Å². The highest BCUT2D eigenvalue weighted by molar-refractivity contribution is 6.35. The van der Waals surface area contributed by atoms with Crippen LogP contribution in [0.4, 0.5) is 0 Å². The minimum Gasteiger partial charge on any atom is -0.330 e. The molecule has 2 aromatic rings. The molecule has 3 nitrogen and oxygen atoms in total. The van der Waals surface area contributed by atoms with Crippen LogP contribution in [0.25, 0.3) is 5.69 Å². The molecule has 0 aliphatic carbocycles. The third kappa shape index (κ3) is 2.69. The van der Waals surface area contributed by atoms with Crippen LogP contribution in [0.2, 0.25) is 10.0 Å². The molecule has 0 fully saturated rings. The van der Waals surface area contributed by atoms with Crippen LogP contribution < -0.4 is 5.73 Å². The topological polar surface area (TPSA) is 43.8 Å². The molecule has 0 atom stereocenters. The number of halogens is 2. The molecular weight excluding hydrogens is 269 g/mol. The average molecular weight is 284 g/mol. The van der Waals surface area contributed by atoms with Crippen molar-refractivity contribution in [3.63, 3.8) is 0 Å². The molecule has 0 bridgehead atoms. The third-order valence-corrected chi connectivity index (χ3v) is 3.44. The SMILES string of the molecule is Cc1c(CCCN)cnn1-c1ccc(Cl)cc1Cl. The van der Waals surface area contributed by atoms with Gasteiger partial charge in [0.15, 0.2) is 0 Å². The van der Waals surface area contributed by atoms with Crippen LogP contribution in [0.1, 0.15) is 17.7 Å². The number of hydrogen-bond acceptors (Lipinski definition) is 2. The highest BCUT2D eigenvalue weighted by Crippen LogP contribution is 2.25. The lowest BCUT2D eigenvalue weighted by molar-refractivity contribution is 0.815. The molecule has 2 N–H and O–H groups in total. The Morgan fingerprint density at radius 2 is 2.11 bits per heavy atom. The van der Waals surface area contributed by atoms with E-state index in [9.17, 15) is 0 Å². The van der Waals surface area contributed by atoms with Crippen molar-refractivity contribution < 1.29 is 0 Å². The predicted octanol–water partition coefficient (Wildman–Crippen LogP) is 3.38. The van der Waals surface area contributed by atoms with Crippen LogP contribution in [0.5, 0.6) is 0 Å². The zero-order valence-corrected chi connectivity index (χ0v) is 11.7. The van der Waals surface area contributed by atoms with Crippen LogP contribution in [-0.2, 0) is 6.42 Å². The number of aromatic nitrogens is 2. The van der Waals surface area contributed by atoms with E-state index in [1.54, 1.807) is 6.07 Å². The van der Waals surface area contributed by atoms with Gasteiger partial charge in [-0.1, -0.05) is 23.2 Å². The van der Waals surface area contributed by atoms with Gasteiger partial charge < -0.3 is 5.73 Å². The van der Waals surface area contributed by atoms with E-state index in [0.717, 1.165) is 24.2 Å². The van der Waals surface area contributed by atoms with E-state index in [4.69, 9.17) is 28.9 Å². The molecule has 96 valence electrons. The minimum absolute atomic E-state index is 0.596. The molecule has 0 aliphatic heterocycles.